The Bertz CT molecular complexity index is 1100. The number of halogens is 1. The Labute approximate surface area is 212 Å². The first-order valence-corrected chi connectivity index (χ1v) is 13.1. The van der Waals surface area contributed by atoms with E-state index >= 15 is 0 Å². The van der Waals surface area contributed by atoms with Gasteiger partial charge in [-0.15, -0.1) is 0 Å². The first kappa shape index (κ1) is 25.7. The summed E-state index contributed by atoms with van der Waals surface area (Å²) in [7, 11) is -0.561. The van der Waals surface area contributed by atoms with E-state index in [1.54, 1.807) is 7.11 Å². The lowest BCUT2D eigenvalue weighted by Gasteiger charge is -2.28. The van der Waals surface area contributed by atoms with E-state index in [1.807, 2.05) is 43.3 Å². The first-order valence-electron chi connectivity index (χ1n) is 11.1. The molecule has 0 aliphatic carbocycles. The maximum Gasteiger partial charge on any atom is 0.342 e. The van der Waals surface area contributed by atoms with Crippen molar-refractivity contribution in [1.82, 2.24) is 0 Å². The molecule has 3 nitrogen and oxygen atoms in total. The maximum atomic E-state index is 13.1. The quantitative estimate of drug-likeness (QED) is 0.257. The Hall–Kier alpha value is -2.94. The van der Waals surface area contributed by atoms with E-state index in [-0.39, 0.29) is 23.0 Å². The fraction of sp³-hybridized carbons (Fsp3) is 0.138. The summed E-state index contributed by atoms with van der Waals surface area (Å²) >= 11 is 0. The van der Waals surface area contributed by atoms with Crippen molar-refractivity contribution in [3.63, 3.8) is 0 Å². The molecule has 0 bridgehead atoms. The summed E-state index contributed by atoms with van der Waals surface area (Å²) in [6.07, 6.45) is 0.677. The molecular formula is C29H28BrO3P. The zero-order valence-electron chi connectivity index (χ0n) is 19.4. The molecule has 4 aromatic carbocycles. The van der Waals surface area contributed by atoms with Crippen LogP contribution in [-0.4, -0.2) is 19.7 Å². The minimum absolute atomic E-state index is 0. The second-order valence-electron chi connectivity index (χ2n) is 7.69. The van der Waals surface area contributed by atoms with Crippen LogP contribution in [0.15, 0.2) is 109 Å². The van der Waals surface area contributed by atoms with Crippen LogP contribution in [0.2, 0.25) is 0 Å². The van der Waals surface area contributed by atoms with Gasteiger partial charge in [0, 0.05) is 5.56 Å². The van der Waals surface area contributed by atoms with Crippen molar-refractivity contribution in [1.29, 1.82) is 0 Å². The minimum Gasteiger partial charge on any atom is -1.00 e. The number of rotatable bonds is 8. The summed E-state index contributed by atoms with van der Waals surface area (Å²) < 4.78 is 11.0. The van der Waals surface area contributed by atoms with Gasteiger partial charge >= 0.3 is 5.97 Å². The molecule has 0 amide bonds. The van der Waals surface area contributed by atoms with Gasteiger partial charge in [0.2, 0.25) is 0 Å². The number of hydrogen-bond acceptors (Lipinski definition) is 3. The molecule has 34 heavy (non-hydrogen) atoms. The average molecular weight is 535 g/mol. The SMILES string of the molecule is CCOC(=O)c1c(C[P+](c2ccccc2)(c2ccccc2)c2ccccc2)cccc1OC.[Br-]. The van der Waals surface area contributed by atoms with E-state index in [2.05, 4.69) is 72.8 Å². The summed E-state index contributed by atoms with van der Waals surface area (Å²) in [6, 6.07) is 37.7. The molecule has 0 spiro atoms. The standard InChI is InChI=1S/C29H28O3P.BrH/c1-3-32-29(30)28-23(14-13-21-27(28)31-2)22-33(24-15-7-4-8-16-24,25-17-9-5-10-18-25)26-19-11-6-12-20-26;/h4-21H,3,22H2,1-2H3;1H/q+1;/p-1. The van der Waals surface area contributed by atoms with Crippen molar-refractivity contribution in [3.8, 4) is 5.75 Å². The van der Waals surface area contributed by atoms with Crippen LogP contribution >= 0.6 is 7.26 Å². The Kier molecular flexibility index (Phi) is 9.04. The van der Waals surface area contributed by atoms with Crippen molar-refractivity contribution in [2.75, 3.05) is 13.7 Å². The van der Waals surface area contributed by atoms with Crippen LogP contribution in [-0.2, 0) is 10.9 Å². The highest BCUT2D eigenvalue weighted by Gasteiger charge is 2.46. The molecule has 0 aliphatic heterocycles. The lowest BCUT2D eigenvalue weighted by atomic mass is 10.1. The highest BCUT2D eigenvalue weighted by molar-refractivity contribution is 7.95. The highest BCUT2D eigenvalue weighted by atomic mass is 79.9. The van der Waals surface area contributed by atoms with Crippen LogP contribution in [0.5, 0.6) is 5.75 Å². The zero-order valence-corrected chi connectivity index (χ0v) is 21.8. The molecule has 0 fully saturated rings. The van der Waals surface area contributed by atoms with Gasteiger partial charge < -0.3 is 26.5 Å². The zero-order chi connectivity index (χ0) is 23.1. The molecule has 4 aromatic rings. The normalized spacial score (nSPS) is 10.8. The molecule has 0 aliphatic rings. The summed E-state index contributed by atoms with van der Waals surface area (Å²) in [5.41, 5.74) is 1.44. The van der Waals surface area contributed by atoms with Crippen molar-refractivity contribution in [3.05, 3.63) is 120 Å². The summed E-state index contributed by atoms with van der Waals surface area (Å²) in [5.74, 6) is 0.190. The number of hydrogen-bond donors (Lipinski definition) is 0. The van der Waals surface area contributed by atoms with E-state index in [0.717, 1.165) is 5.56 Å². The average Bonchev–Trinajstić information content (AvgIpc) is 2.88. The van der Waals surface area contributed by atoms with Crippen molar-refractivity contribution in [2.45, 2.75) is 13.1 Å². The number of carbonyl (C=O) groups excluding carboxylic acids is 1. The monoisotopic (exact) mass is 534 g/mol. The lowest BCUT2D eigenvalue weighted by molar-refractivity contribution is -0.0000257. The van der Waals surface area contributed by atoms with Gasteiger partial charge in [0.15, 0.2) is 0 Å². The summed E-state index contributed by atoms with van der Waals surface area (Å²) in [4.78, 5) is 13.1. The van der Waals surface area contributed by atoms with Crippen LogP contribution in [0.3, 0.4) is 0 Å². The van der Waals surface area contributed by atoms with Crippen LogP contribution in [0.25, 0.3) is 0 Å². The third-order valence-corrected chi connectivity index (χ3v) is 10.2. The molecule has 174 valence electrons. The molecule has 0 radical (unpaired) electrons. The van der Waals surface area contributed by atoms with Crippen molar-refractivity contribution >= 4 is 29.1 Å². The minimum atomic E-state index is -2.15. The summed E-state index contributed by atoms with van der Waals surface area (Å²) in [5, 5.41) is 3.79. The van der Waals surface area contributed by atoms with E-state index in [4.69, 9.17) is 9.47 Å². The van der Waals surface area contributed by atoms with Gasteiger partial charge in [-0.1, -0.05) is 66.7 Å². The Balaban J connectivity index is 0.00000324. The molecule has 0 N–H and O–H groups in total. The van der Waals surface area contributed by atoms with Gasteiger partial charge in [0.1, 0.15) is 34.5 Å². The fourth-order valence-corrected chi connectivity index (χ4v) is 8.60. The number of methoxy groups -OCH3 is 1. The molecule has 0 atom stereocenters. The Morgan fingerprint density at radius 1 is 0.706 bits per heavy atom. The molecule has 4 rings (SSSR count). The van der Waals surface area contributed by atoms with Gasteiger partial charge in [-0.05, 0) is 49.4 Å². The largest absolute Gasteiger partial charge is 1.00 e. The van der Waals surface area contributed by atoms with Gasteiger partial charge in [-0.3, -0.25) is 0 Å². The molecule has 0 aromatic heterocycles. The van der Waals surface area contributed by atoms with Crippen molar-refractivity contribution < 1.29 is 31.2 Å². The van der Waals surface area contributed by atoms with Crippen LogP contribution in [0.1, 0.15) is 22.8 Å². The van der Waals surface area contributed by atoms with E-state index in [9.17, 15) is 4.79 Å². The van der Waals surface area contributed by atoms with E-state index in [1.165, 1.54) is 15.9 Å². The summed E-state index contributed by atoms with van der Waals surface area (Å²) in [6.45, 7) is 2.13. The molecule has 0 unspecified atom stereocenters. The molecule has 0 heterocycles. The Morgan fingerprint density at radius 2 is 1.18 bits per heavy atom. The molecule has 5 heteroatoms. The predicted molar refractivity (Wildman–Crippen MR) is 138 cm³/mol. The second kappa shape index (κ2) is 12.0. The van der Waals surface area contributed by atoms with Gasteiger partial charge in [0.05, 0.1) is 19.9 Å². The van der Waals surface area contributed by atoms with Gasteiger partial charge in [-0.25, -0.2) is 4.79 Å². The van der Waals surface area contributed by atoms with Gasteiger partial charge in [-0.2, -0.15) is 0 Å². The smallest absolute Gasteiger partial charge is 0.342 e. The van der Waals surface area contributed by atoms with E-state index in [0.29, 0.717) is 24.1 Å². The highest BCUT2D eigenvalue weighted by Crippen LogP contribution is 2.58. The van der Waals surface area contributed by atoms with Crippen LogP contribution < -0.4 is 37.6 Å². The molecule has 0 saturated carbocycles. The molecular weight excluding hydrogens is 507 g/mol. The third-order valence-electron chi connectivity index (χ3n) is 5.81. The number of ether oxygens (including phenoxy) is 2. The fourth-order valence-electron chi connectivity index (χ4n) is 4.34. The van der Waals surface area contributed by atoms with Crippen LogP contribution in [0, 0.1) is 0 Å². The maximum absolute atomic E-state index is 13.1. The predicted octanol–water partition coefficient (Wildman–Crippen LogP) is 2.37. The third kappa shape index (κ3) is 5.09. The second-order valence-corrected chi connectivity index (χ2v) is 11.2. The lowest BCUT2D eigenvalue weighted by Crippen LogP contribution is -3.00. The topological polar surface area (TPSA) is 35.5 Å². The van der Waals surface area contributed by atoms with Crippen LogP contribution in [0.4, 0.5) is 0 Å². The number of esters is 1. The first-order chi connectivity index (χ1) is 16.2. The van der Waals surface area contributed by atoms with Crippen molar-refractivity contribution in [2.24, 2.45) is 0 Å². The Morgan fingerprint density at radius 3 is 1.59 bits per heavy atom. The van der Waals surface area contributed by atoms with Gasteiger partial charge in [0.25, 0.3) is 0 Å². The molecule has 0 saturated heterocycles. The number of carbonyl (C=O) groups is 1. The number of benzene rings is 4. The van der Waals surface area contributed by atoms with E-state index < -0.39 is 7.26 Å².